The first kappa shape index (κ1) is 12.8. The maximum atomic E-state index is 11.7. The first-order valence-electron chi connectivity index (χ1n) is 6.10. The minimum atomic E-state index is 0.249. The van der Waals surface area contributed by atoms with E-state index >= 15 is 0 Å². The van der Waals surface area contributed by atoms with Crippen LogP contribution in [0.1, 0.15) is 39.7 Å². The highest BCUT2D eigenvalue weighted by molar-refractivity contribution is 5.96. The summed E-state index contributed by atoms with van der Waals surface area (Å²) in [5.41, 5.74) is 2.39. The molecular weight excluding hydrogens is 198 g/mol. The number of carbonyl (C=O) groups excluding carboxylic acids is 1. The fraction of sp³-hybridized carbons (Fsp3) is 0.500. The molecule has 0 unspecified atom stereocenters. The van der Waals surface area contributed by atoms with Crippen LogP contribution in [0.25, 0.3) is 0 Å². The van der Waals surface area contributed by atoms with Gasteiger partial charge in [0.05, 0.1) is 0 Å². The number of fused-ring (bicyclic) bond motifs is 1. The fourth-order valence-corrected chi connectivity index (χ4v) is 2.02. The van der Waals surface area contributed by atoms with Gasteiger partial charge in [-0.1, -0.05) is 32.0 Å². The molecule has 0 saturated carbocycles. The van der Waals surface area contributed by atoms with Crippen molar-refractivity contribution in [2.24, 2.45) is 0 Å². The maximum absolute atomic E-state index is 11.7. The Balaban J connectivity index is 0.000000606. The van der Waals surface area contributed by atoms with Gasteiger partial charge in [-0.2, -0.15) is 0 Å². The zero-order valence-corrected chi connectivity index (χ0v) is 10.7. The third-order valence-corrected chi connectivity index (χ3v) is 2.64. The van der Waals surface area contributed by atoms with E-state index in [4.69, 9.17) is 0 Å². The van der Waals surface area contributed by atoms with E-state index in [9.17, 15) is 4.79 Å². The lowest BCUT2D eigenvalue weighted by atomic mass is 10.00. The molecule has 0 atom stereocenters. The molecule has 0 spiro atoms. The molecular formula is C14H21NO. The van der Waals surface area contributed by atoms with E-state index < -0.39 is 0 Å². The van der Waals surface area contributed by atoms with Gasteiger partial charge in [0.1, 0.15) is 0 Å². The Bertz CT molecular complexity index is 358. The van der Waals surface area contributed by atoms with Gasteiger partial charge in [-0.25, -0.2) is 0 Å². The Hall–Kier alpha value is -1.31. The van der Waals surface area contributed by atoms with Crippen LogP contribution < -0.4 is 4.90 Å². The smallest absolute Gasteiger partial charge is 0.227 e. The van der Waals surface area contributed by atoms with Crippen LogP contribution in [0.2, 0.25) is 0 Å². The second-order valence-electron chi connectivity index (χ2n) is 3.99. The van der Waals surface area contributed by atoms with Gasteiger partial charge in [0.15, 0.2) is 0 Å². The van der Waals surface area contributed by atoms with Crippen molar-refractivity contribution in [2.75, 3.05) is 4.90 Å². The lowest BCUT2D eigenvalue weighted by molar-refractivity contribution is -0.119. The first-order chi connectivity index (χ1) is 7.70. The molecule has 1 aliphatic rings. The first-order valence-corrected chi connectivity index (χ1v) is 6.10. The second kappa shape index (κ2) is 5.69. The predicted molar refractivity (Wildman–Crippen MR) is 68.7 cm³/mol. The van der Waals surface area contributed by atoms with Crippen molar-refractivity contribution in [3.8, 4) is 0 Å². The average molecular weight is 219 g/mol. The molecule has 1 amide bonds. The van der Waals surface area contributed by atoms with Gasteiger partial charge >= 0.3 is 0 Å². The molecule has 88 valence electrons. The van der Waals surface area contributed by atoms with Crippen molar-refractivity contribution >= 4 is 11.6 Å². The average Bonchev–Trinajstić information content (AvgIpc) is 2.31. The zero-order valence-electron chi connectivity index (χ0n) is 10.7. The van der Waals surface area contributed by atoms with Gasteiger partial charge < -0.3 is 4.90 Å². The number of para-hydroxylation sites is 1. The summed E-state index contributed by atoms with van der Waals surface area (Å²) in [5.74, 6) is 0.249. The monoisotopic (exact) mass is 219 g/mol. The van der Waals surface area contributed by atoms with Crippen LogP contribution >= 0.6 is 0 Å². The molecule has 2 nitrogen and oxygen atoms in total. The van der Waals surface area contributed by atoms with Crippen LogP contribution in [0.4, 0.5) is 5.69 Å². The van der Waals surface area contributed by atoms with Gasteiger partial charge in [-0.3, -0.25) is 4.79 Å². The van der Waals surface area contributed by atoms with Gasteiger partial charge in [0.25, 0.3) is 0 Å². The number of hydrogen-bond donors (Lipinski definition) is 0. The number of aryl methyl sites for hydroxylation is 1. The van der Waals surface area contributed by atoms with Crippen LogP contribution in [0, 0.1) is 0 Å². The molecule has 0 bridgehead atoms. The van der Waals surface area contributed by atoms with Crippen LogP contribution in [0.3, 0.4) is 0 Å². The molecule has 0 aliphatic carbocycles. The number of amides is 1. The van der Waals surface area contributed by atoms with Crippen LogP contribution in [0.15, 0.2) is 24.3 Å². The van der Waals surface area contributed by atoms with E-state index in [0.717, 1.165) is 12.1 Å². The van der Waals surface area contributed by atoms with Crippen molar-refractivity contribution in [3.63, 3.8) is 0 Å². The number of hydrogen-bond acceptors (Lipinski definition) is 1. The summed E-state index contributed by atoms with van der Waals surface area (Å²) in [5, 5.41) is 0. The molecule has 0 N–H and O–H groups in total. The van der Waals surface area contributed by atoms with Crippen molar-refractivity contribution < 1.29 is 4.79 Å². The summed E-state index contributed by atoms with van der Waals surface area (Å²) in [6.45, 7) is 8.11. The van der Waals surface area contributed by atoms with E-state index in [-0.39, 0.29) is 11.9 Å². The van der Waals surface area contributed by atoms with Crippen molar-refractivity contribution in [3.05, 3.63) is 29.8 Å². The minimum Gasteiger partial charge on any atom is -0.310 e. The molecule has 1 aliphatic heterocycles. The number of rotatable bonds is 1. The SMILES string of the molecule is CC.CC(C)N1C(=O)CCc2ccccc21. The number of carbonyl (C=O) groups is 1. The van der Waals surface area contributed by atoms with Crippen molar-refractivity contribution in [1.29, 1.82) is 0 Å². The van der Waals surface area contributed by atoms with Crippen LogP contribution in [0.5, 0.6) is 0 Å². The molecule has 0 saturated heterocycles. The van der Waals surface area contributed by atoms with E-state index in [1.165, 1.54) is 5.56 Å². The Morgan fingerprint density at radius 2 is 1.75 bits per heavy atom. The van der Waals surface area contributed by atoms with Gasteiger partial charge in [0, 0.05) is 18.2 Å². The third kappa shape index (κ3) is 2.43. The van der Waals surface area contributed by atoms with Crippen molar-refractivity contribution in [1.82, 2.24) is 0 Å². The highest BCUT2D eigenvalue weighted by Gasteiger charge is 2.25. The minimum absolute atomic E-state index is 0.249. The van der Waals surface area contributed by atoms with E-state index in [2.05, 4.69) is 19.9 Å². The number of benzene rings is 1. The van der Waals surface area contributed by atoms with Gasteiger partial charge in [0.2, 0.25) is 5.91 Å². The normalized spacial score (nSPS) is 14.3. The van der Waals surface area contributed by atoms with Crippen molar-refractivity contribution in [2.45, 2.75) is 46.6 Å². The fourth-order valence-electron chi connectivity index (χ4n) is 2.02. The Morgan fingerprint density at radius 1 is 1.12 bits per heavy atom. The highest BCUT2D eigenvalue weighted by Crippen LogP contribution is 2.28. The quantitative estimate of drug-likeness (QED) is 0.709. The predicted octanol–water partition coefficient (Wildman–Crippen LogP) is 3.40. The molecule has 1 aromatic carbocycles. The molecule has 2 heteroatoms. The van der Waals surface area contributed by atoms with Crippen LogP contribution in [-0.2, 0) is 11.2 Å². The summed E-state index contributed by atoms with van der Waals surface area (Å²) < 4.78 is 0. The second-order valence-corrected chi connectivity index (χ2v) is 3.99. The molecule has 2 rings (SSSR count). The third-order valence-electron chi connectivity index (χ3n) is 2.64. The maximum Gasteiger partial charge on any atom is 0.227 e. The molecule has 0 aromatic heterocycles. The standard InChI is InChI=1S/C12H15NO.C2H6/c1-9(2)13-11-6-4-3-5-10(11)7-8-12(13)14;1-2/h3-6,9H,7-8H2,1-2H3;1-2H3. The zero-order chi connectivity index (χ0) is 12.1. The lowest BCUT2D eigenvalue weighted by Crippen LogP contribution is -2.40. The Morgan fingerprint density at radius 3 is 2.38 bits per heavy atom. The number of anilines is 1. The van der Waals surface area contributed by atoms with E-state index in [0.29, 0.717) is 6.42 Å². The summed E-state index contributed by atoms with van der Waals surface area (Å²) >= 11 is 0. The Labute approximate surface area is 98.3 Å². The largest absolute Gasteiger partial charge is 0.310 e. The topological polar surface area (TPSA) is 20.3 Å². The van der Waals surface area contributed by atoms with Crippen LogP contribution in [-0.4, -0.2) is 11.9 Å². The summed E-state index contributed by atoms with van der Waals surface area (Å²) in [7, 11) is 0. The molecule has 0 fully saturated rings. The number of nitrogens with zero attached hydrogens (tertiary/aromatic N) is 1. The molecule has 1 heterocycles. The summed E-state index contributed by atoms with van der Waals surface area (Å²) in [4.78, 5) is 13.6. The lowest BCUT2D eigenvalue weighted by Gasteiger charge is -2.32. The Kier molecular flexibility index (Phi) is 4.53. The molecule has 0 radical (unpaired) electrons. The van der Waals surface area contributed by atoms with Gasteiger partial charge in [-0.05, 0) is 31.9 Å². The van der Waals surface area contributed by atoms with Gasteiger partial charge in [-0.15, -0.1) is 0 Å². The summed E-state index contributed by atoms with van der Waals surface area (Å²) in [6.07, 6.45) is 1.54. The van der Waals surface area contributed by atoms with E-state index in [1.807, 2.05) is 36.9 Å². The molecule has 1 aromatic rings. The summed E-state index contributed by atoms with van der Waals surface area (Å²) in [6, 6.07) is 8.42. The molecule has 16 heavy (non-hydrogen) atoms. The van der Waals surface area contributed by atoms with E-state index in [1.54, 1.807) is 0 Å². The highest BCUT2D eigenvalue weighted by atomic mass is 16.2.